The minimum atomic E-state index is -0.249. The number of aryl methyl sites for hydroxylation is 1. The van der Waals surface area contributed by atoms with Crippen LogP contribution in [0.15, 0.2) is 41.2 Å². The van der Waals surface area contributed by atoms with Gasteiger partial charge in [-0.2, -0.15) is 10.1 Å². The van der Waals surface area contributed by atoms with E-state index in [1.54, 1.807) is 36.1 Å². The minimum Gasteiger partial charge on any atom is -0.343 e. The Bertz CT molecular complexity index is 823. The Kier molecular flexibility index (Phi) is 4.15. The number of benzene rings is 1. The molecule has 3 aromatic rings. The highest BCUT2D eigenvalue weighted by Crippen LogP contribution is 2.14. The van der Waals surface area contributed by atoms with Crippen molar-refractivity contribution in [2.45, 2.75) is 20.0 Å². The third kappa shape index (κ3) is 3.27. The Hall–Kier alpha value is -3.00. The van der Waals surface area contributed by atoms with E-state index in [1.165, 1.54) is 0 Å². The minimum absolute atomic E-state index is 0.168. The number of nitrogens with one attached hydrogen (secondary N) is 1. The van der Waals surface area contributed by atoms with E-state index in [0.717, 1.165) is 5.56 Å². The van der Waals surface area contributed by atoms with Gasteiger partial charge in [0.25, 0.3) is 5.91 Å². The SMILES string of the molecule is Cc1noc(CNC(=O)c2ccccc2-n2cc(CN)cn2)n1. The maximum Gasteiger partial charge on any atom is 0.253 e. The molecule has 8 heteroatoms. The second-order valence-electron chi connectivity index (χ2n) is 4.93. The van der Waals surface area contributed by atoms with Gasteiger partial charge in [0.15, 0.2) is 5.82 Å². The first-order valence-corrected chi connectivity index (χ1v) is 7.08. The molecule has 0 bridgehead atoms. The normalized spacial score (nSPS) is 10.7. The fourth-order valence-electron chi connectivity index (χ4n) is 2.13. The Morgan fingerprint density at radius 3 is 2.91 bits per heavy atom. The van der Waals surface area contributed by atoms with Gasteiger partial charge in [-0.25, -0.2) is 4.68 Å². The summed E-state index contributed by atoms with van der Waals surface area (Å²) in [6, 6.07) is 7.19. The Morgan fingerprint density at radius 2 is 2.22 bits per heavy atom. The van der Waals surface area contributed by atoms with E-state index in [4.69, 9.17) is 10.3 Å². The van der Waals surface area contributed by atoms with Crippen molar-refractivity contribution in [3.05, 3.63) is 59.5 Å². The predicted octanol–water partition coefficient (Wildman–Crippen LogP) is 0.952. The van der Waals surface area contributed by atoms with E-state index >= 15 is 0 Å². The molecule has 2 aromatic heterocycles. The fraction of sp³-hybridized carbons (Fsp3) is 0.200. The molecule has 0 aliphatic rings. The number of para-hydroxylation sites is 1. The summed E-state index contributed by atoms with van der Waals surface area (Å²) in [4.78, 5) is 16.5. The van der Waals surface area contributed by atoms with Crippen LogP contribution >= 0.6 is 0 Å². The highest BCUT2D eigenvalue weighted by atomic mass is 16.5. The van der Waals surface area contributed by atoms with Gasteiger partial charge in [0.1, 0.15) is 0 Å². The summed E-state index contributed by atoms with van der Waals surface area (Å²) in [7, 11) is 0. The largest absolute Gasteiger partial charge is 0.343 e. The zero-order valence-corrected chi connectivity index (χ0v) is 12.6. The second-order valence-corrected chi connectivity index (χ2v) is 4.93. The lowest BCUT2D eigenvalue weighted by Crippen LogP contribution is -2.24. The molecule has 23 heavy (non-hydrogen) atoms. The quantitative estimate of drug-likeness (QED) is 0.725. The Balaban J connectivity index is 1.80. The summed E-state index contributed by atoms with van der Waals surface area (Å²) in [5, 5.41) is 10.7. The van der Waals surface area contributed by atoms with E-state index in [-0.39, 0.29) is 12.5 Å². The number of carbonyl (C=O) groups is 1. The molecular formula is C15H16N6O2. The lowest BCUT2D eigenvalue weighted by Gasteiger charge is -2.09. The molecule has 0 saturated heterocycles. The van der Waals surface area contributed by atoms with Crippen molar-refractivity contribution in [2.75, 3.05) is 0 Å². The highest BCUT2D eigenvalue weighted by Gasteiger charge is 2.14. The van der Waals surface area contributed by atoms with Crippen LogP contribution in [0.2, 0.25) is 0 Å². The van der Waals surface area contributed by atoms with Crippen LogP contribution in [-0.2, 0) is 13.1 Å². The van der Waals surface area contributed by atoms with Gasteiger partial charge in [0.05, 0.1) is 24.0 Å². The number of hydrogen-bond donors (Lipinski definition) is 2. The smallest absolute Gasteiger partial charge is 0.253 e. The standard InChI is InChI=1S/C15H16N6O2/c1-10-19-14(23-20-10)8-17-15(22)12-4-2-3-5-13(12)21-9-11(6-16)7-18-21/h2-5,7,9H,6,8,16H2,1H3,(H,17,22). The molecule has 1 amide bonds. The van der Waals surface area contributed by atoms with Crippen LogP contribution in [0.4, 0.5) is 0 Å². The summed E-state index contributed by atoms with van der Waals surface area (Å²) >= 11 is 0. The van der Waals surface area contributed by atoms with Crippen molar-refractivity contribution in [1.82, 2.24) is 25.2 Å². The molecule has 0 radical (unpaired) electrons. The van der Waals surface area contributed by atoms with Crippen molar-refractivity contribution >= 4 is 5.91 Å². The van der Waals surface area contributed by atoms with Crippen LogP contribution < -0.4 is 11.1 Å². The number of nitrogens with two attached hydrogens (primary N) is 1. The summed E-state index contributed by atoms with van der Waals surface area (Å²) in [6.45, 7) is 2.28. The first-order chi connectivity index (χ1) is 11.2. The molecule has 0 fully saturated rings. The fourth-order valence-corrected chi connectivity index (χ4v) is 2.13. The van der Waals surface area contributed by atoms with Gasteiger partial charge in [0.2, 0.25) is 5.89 Å². The molecule has 0 aliphatic heterocycles. The van der Waals surface area contributed by atoms with Crippen molar-refractivity contribution in [1.29, 1.82) is 0 Å². The van der Waals surface area contributed by atoms with Gasteiger partial charge in [0, 0.05) is 18.3 Å². The maximum absolute atomic E-state index is 12.4. The summed E-state index contributed by atoms with van der Waals surface area (Å²) in [5.74, 6) is 0.639. The first-order valence-electron chi connectivity index (χ1n) is 7.08. The monoisotopic (exact) mass is 312 g/mol. The highest BCUT2D eigenvalue weighted by molar-refractivity contribution is 5.97. The van der Waals surface area contributed by atoms with Gasteiger partial charge >= 0.3 is 0 Å². The third-order valence-electron chi connectivity index (χ3n) is 3.24. The van der Waals surface area contributed by atoms with E-state index in [1.807, 2.05) is 12.1 Å². The number of nitrogens with zero attached hydrogens (tertiary/aromatic N) is 4. The molecule has 0 atom stereocenters. The molecule has 1 aromatic carbocycles. The lowest BCUT2D eigenvalue weighted by molar-refractivity contribution is 0.0946. The van der Waals surface area contributed by atoms with Crippen LogP contribution in [-0.4, -0.2) is 25.8 Å². The average Bonchev–Trinajstić information content (AvgIpc) is 3.21. The van der Waals surface area contributed by atoms with Crippen LogP contribution in [0.1, 0.15) is 27.6 Å². The number of aromatic nitrogens is 4. The number of carbonyl (C=O) groups excluding carboxylic acids is 1. The lowest BCUT2D eigenvalue weighted by atomic mass is 10.1. The summed E-state index contributed by atoms with van der Waals surface area (Å²) in [5.41, 5.74) is 7.66. The molecule has 0 saturated carbocycles. The molecule has 0 spiro atoms. The van der Waals surface area contributed by atoms with Crippen LogP contribution in [0.3, 0.4) is 0 Å². The predicted molar refractivity (Wildman–Crippen MR) is 81.7 cm³/mol. The third-order valence-corrected chi connectivity index (χ3v) is 3.24. The molecule has 0 aliphatic carbocycles. The van der Waals surface area contributed by atoms with Gasteiger partial charge in [-0.15, -0.1) is 0 Å². The second kappa shape index (κ2) is 6.41. The van der Waals surface area contributed by atoms with Gasteiger partial charge in [-0.1, -0.05) is 17.3 Å². The van der Waals surface area contributed by atoms with Gasteiger partial charge < -0.3 is 15.6 Å². The number of amides is 1. The van der Waals surface area contributed by atoms with E-state index in [0.29, 0.717) is 29.5 Å². The Labute approximate surface area is 132 Å². The van der Waals surface area contributed by atoms with Gasteiger partial charge in [-0.3, -0.25) is 4.79 Å². The zero-order chi connectivity index (χ0) is 16.2. The van der Waals surface area contributed by atoms with Crippen molar-refractivity contribution in [2.24, 2.45) is 5.73 Å². The van der Waals surface area contributed by atoms with Crippen LogP contribution in [0.25, 0.3) is 5.69 Å². The van der Waals surface area contributed by atoms with Crippen molar-refractivity contribution < 1.29 is 9.32 Å². The molecule has 118 valence electrons. The van der Waals surface area contributed by atoms with E-state index in [9.17, 15) is 4.79 Å². The molecule has 3 N–H and O–H groups in total. The van der Waals surface area contributed by atoms with E-state index in [2.05, 4.69) is 20.6 Å². The summed E-state index contributed by atoms with van der Waals surface area (Å²) in [6.07, 6.45) is 3.48. The molecular weight excluding hydrogens is 296 g/mol. The van der Waals surface area contributed by atoms with Gasteiger partial charge in [-0.05, 0) is 19.1 Å². The van der Waals surface area contributed by atoms with Crippen molar-refractivity contribution in [3.8, 4) is 5.69 Å². The van der Waals surface area contributed by atoms with Crippen LogP contribution in [0.5, 0.6) is 0 Å². The Morgan fingerprint density at radius 1 is 1.39 bits per heavy atom. The maximum atomic E-state index is 12.4. The molecule has 3 rings (SSSR count). The molecule has 8 nitrogen and oxygen atoms in total. The van der Waals surface area contributed by atoms with Crippen LogP contribution in [0, 0.1) is 6.92 Å². The number of rotatable bonds is 5. The molecule has 0 unspecified atom stereocenters. The topological polar surface area (TPSA) is 112 Å². The summed E-state index contributed by atoms with van der Waals surface area (Å²) < 4.78 is 6.61. The zero-order valence-electron chi connectivity index (χ0n) is 12.6. The van der Waals surface area contributed by atoms with E-state index < -0.39 is 0 Å². The molecule has 2 heterocycles. The van der Waals surface area contributed by atoms with Crippen molar-refractivity contribution in [3.63, 3.8) is 0 Å². The average molecular weight is 312 g/mol. The first kappa shape index (κ1) is 14.9. The number of hydrogen-bond acceptors (Lipinski definition) is 6.